The predicted molar refractivity (Wildman–Crippen MR) is 245 cm³/mol. The summed E-state index contributed by atoms with van der Waals surface area (Å²) in [5, 5.41) is 14.7. The number of halogens is 2. The molecule has 20 heteroatoms. The number of carboxylic acids is 1. The normalized spacial score (nSPS) is 13.2. The number of fused-ring (bicyclic) bond motifs is 2. The number of aryl methyl sites for hydroxylation is 4. The Morgan fingerprint density at radius 3 is 1.28 bits per heavy atom. The number of nitrogens with zero attached hydrogens (tertiary/aromatic N) is 2. The van der Waals surface area contributed by atoms with Crippen molar-refractivity contribution >= 4 is 88.4 Å². The summed E-state index contributed by atoms with van der Waals surface area (Å²) in [6.45, 7) is 9.87. The van der Waals surface area contributed by atoms with E-state index >= 15 is 0 Å². The third-order valence-corrected chi connectivity index (χ3v) is 15.6. The molecular formula is C45H49Cl2LiN4O11S2. The number of hydrogen-bond acceptors (Lipinski definition) is 10. The van der Waals surface area contributed by atoms with Crippen LogP contribution in [0.15, 0.2) is 94.7 Å². The third-order valence-electron chi connectivity index (χ3n) is 10.9. The molecule has 4 N–H and O–H groups in total. The number of benzene rings is 4. The van der Waals surface area contributed by atoms with Crippen molar-refractivity contribution in [3.63, 3.8) is 0 Å². The maximum absolute atomic E-state index is 12.9. The number of sulfone groups is 2. The summed E-state index contributed by atoms with van der Waals surface area (Å²) in [5.74, 6) is -2.80. The zero-order chi connectivity index (χ0) is 46.9. The van der Waals surface area contributed by atoms with E-state index in [1.54, 1.807) is 73.5 Å². The molecule has 65 heavy (non-hydrogen) atoms. The maximum atomic E-state index is 12.9. The van der Waals surface area contributed by atoms with Crippen molar-refractivity contribution in [1.29, 1.82) is 0 Å². The molecule has 4 atom stereocenters. The fraction of sp³-hybridized carbons (Fsp3) is 0.289. The second-order valence-electron chi connectivity index (χ2n) is 15.3. The number of aromatic nitrogens is 2. The van der Waals surface area contributed by atoms with Crippen molar-refractivity contribution in [2.45, 2.75) is 73.9 Å². The van der Waals surface area contributed by atoms with Gasteiger partial charge in [-0.15, -0.1) is 0 Å². The van der Waals surface area contributed by atoms with Crippen molar-refractivity contribution < 1.29 is 70.2 Å². The first-order valence-corrected chi connectivity index (χ1v) is 23.4. The Morgan fingerprint density at radius 2 is 0.954 bits per heavy atom. The van der Waals surface area contributed by atoms with Gasteiger partial charge in [0, 0.05) is 24.9 Å². The number of carbonyl (C=O) groups excluding carboxylic acids is 3. The molecule has 2 aromatic heterocycles. The Hall–Kier alpha value is -5.12. The van der Waals surface area contributed by atoms with E-state index in [-0.39, 0.29) is 52.0 Å². The van der Waals surface area contributed by atoms with Crippen molar-refractivity contribution in [1.82, 2.24) is 19.8 Å². The zero-order valence-corrected chi connectivity index (χ0v) is 40.6. The maximum Gasteiger partial charge on any atom is 1.00 e. The molecule has 0 bridgehead atoms. The average molecular weight is 964 g/mol. The van der Waals surface area contributed by atoms with Gasteiger partial charge in [-0.3, -0.25) is 19.2 Å². The Balaban J connectivity index is 0.000000335. The van der Waals surface area contributed by atoms with Crippen LogP contribution >= 0.6 is 23.2 Å². The van der Waals surface area contributed by atoms with Crippen LogP contribution < -0.4 is 29.5 Å². The molecule has 0 fully saturated rings. The first-order chi connectivity index (χ1) is 29.4. The van der Waals surface area contributed by atoms with E-state index < -0.39 is 48.2 Å². The van der Waals surface area contributed by atoms with E-state index in [0.29, 0.717) is 27.0 Å². The Labute approximate surface area is 399 Å². The van der Waals surface area contributed by atoms with Gasteiger partial charge in [0.2, 0.25) is 0 Å². The predicted octanol–water partition coefficient (Wildman–Crippen LogP) is 4.67. The van der Waals surface area contributed by atoms with E-state index in [1.165, 1.54) is 31.2 Å². The van der Waals surface area contributed by atoms with Gasteiger partial charge >= 0.3 is 30.8 Å². The van der Waals surface area contributed by atoms with Crippen LogP contribution in [0.2, 0.25) is 10.0 Å². The molecule has 2 heterocycles. The molecule has 6 rings (SSSR count). The monoisotopic (exact) mass is 962 g/mol. The smallest absolute Gasteiger partial charge is 0.870 e. The fourth-order valence-electron chi connectivity index (χ4n) is 6.91. The molecule has 0 saturated carbocycles. The van der Waals surface area contributed by atoms with Crippen LogP contribution in [-0.2, 0) is 48.1 Å². The Bertz CT molecular complexity index is 2990. The summed E-state index contributed by atoms with van der Waals surface area (Å²) in [5.41, 5.74) is 6.02. The summed E-state index contributed by atoms with van der Waals surface area (Å²) in [4.78, 5) is 48.4. The number of rotatable bonds is 12. The number of nitrogens with one attached hydrogen (secondary N) is 2. The van der Waals surface area contributed by atoms with Crippen LogP contribution in [0.25, 0.3) is 21.8 Å². The van der Waals surface area contributed by atoms with Crippen LogP contribution in [0.5, 0.6) is 0 Å². The van der Waals surface area contributed by atoms with Crippen LogP contribution in [0.1, 0.15) is 83.0 Å². The Morgan fingerprint density at radius 1 is 0.615 bits per heavy atom. The molecule has 0 saturated heterocycles. The minimum Gasteiger partial charge on any atom is -0.870 e. The molecule has 0 spiro atoms. The molecule has 6 aromatic rings. The number of hydrogen-bond donors (Lipinski definition) is 3. The summed E-state index contributed by atoms with van der Waals surface area (Å²) in [6.07, 6.45) is 0. The quantitative estimate of drug-likeness (QED) is 0.113. The number of amides is 2. The standard InChI is InChI=1S/C23H25ClN2O5S.C22H23ClN2O5S.Li.H2O/c1-13-10-19(24)18-12-21(26(4)20(18)11-13)22(27)25-14(2)16-6-8-17(9-7-16)32(29,30)15(3)23(28)31-5;1-12-9-18(23)17-11-20(25(4)19(17)10-12)21(26)24-13(2)15-5-7-16(8-6-15)31(29,30)14(3)22(27)28;;/h6-12,14-15H,1-5H3,(H,25,27);5-11,13-14H,1-4H3,(H,24,26)(H,27,28);;1H2/q;;+1;/p-1/t14-,15?;13-,14?;;/m11../s1. The first kappa shape index (κ1) is 54.2. The molecule has 15 nitrogen and oxygen atoms in total. The van der Waals surface area contributed by atoms with E-state index in [1.807, 2.05) is 38.1 Å². The molecule has 2 amide bonds. The van der Waals surface area contributed by atoms with Gasteiger partial charge in [-0.1, -0.05) is 47.5 Å². The molecule has 4 aromatic carbocycles. The van der Waals surface area contributed by atoms with Crippen LogP contribution in [-0.4, -0.2) is 77.9 Å². The van der Waals surface area contributed by atoms with Gasteiger partial charge in [-0.05, 0) is 124 Å². The molecule has 0 aliphatic heterocycles. The molecule has 0 radical (unpaired) electrons. The van der Waals surface area contributed by atoms with E-state index in [4.69, 9.17) is 28.3 Å². The van der Waals surface area contributed by atoms with Gasteiger partial charge in [0.1, 0.15) is 11.4 Å². The molecular weight excluding hydrogens is 914 g/mol. The molecule has 0 aliphatic carbocycles. The van der Waals surface area contributed by atoms with Crippen LogP contribution in [0.4, 0.5) is 0 Å². The summed E-state index contributed by atoms with van der Waals surface area (Å²) in [6, 6.07) is 22.2. The van der Waals surface area contributed by atoms with E-state index in [2.05, 4.69) is 15.4 Å². The summed E-state index contributed by atoms with van der Waals surface area (Å²) in [7, 11) is -3.10. The Kier molecular flexibility index (Phi) is 17.9. The first-order valence-electron chi connectivity index (χ1n) is 19.5. The summed E-state index contributed by atoms with van der Waals surface area (Å²) >= 11 is 12.6. The molecule has 0 aliphatic rings. The van der Waals surface area contributed by atoms with Crippen molar-refractivity contribution in [2.75, 3.05) is 7.11 Å². The van der Waals surface area contributed by atoms with Gasteiger partial charge in [0.15, 0.2) is 30.2 Å². The largest absolute Gasteiger partial charge is 1.00 e. The van der Waals surface area contributed by atoms with Crippen molar-refractivity contribution in [2.24, 2.45) is 14.1 Å². The molecule has 2 unspecified atom stereocenters. The second kappa shape index (κ2) is 21.5. The van der Waals surface area contributed by atoms with E-state index in [0.717, 1.165) is 52.5 Å². The van der Waals surface area contributed by atoms with Gasteiger partial charge < -0.3 is 35.1 Å². The fourth-order valence-corrected chi connectivity index (χ4v) is 10.0. The number of aliphatic carboxylic acids is 1. The number of ether oxygens (including phenoxy) is 1. The number of carboxylic acid groups (broad SMARTS) is 1. The van der Waals surface area contributed by atoms with Crippen molar-refractivity contribution in [3.05, 3.63) is 129 Å². The van der Waals surface area contributed by atoms with Gasteiger partial charge in [-0.25, -0.2) is 16.8 Å². The van der Waals surface area contributed by atoms with Gasteiger partial charge in [0.25, 0.3) is 11.8 Å². The SMILES string of the molecule is COC(=O)C(C)S(=O)(=O)c1ccc([C@@H](C)NC(=O)c2cc3c(Cl)cc(C)cc3n2C)cc1.Cc1cc(Cl)c2cc(C(=O)N[C@H](C)c3ccc(S(=O)(=O)C(C)C(=O)O)cc3)n(C)c2c1.[Li+].[OH-]. The minimum atomic E-state index is -3.98. The van der Waals surface area contributed by atoms with Gasteiger partial charge in [0.05, 0.1) is 50.1 Å². The second-order valence-corrected chi connectivity index (χ2v) is 20.7. The van der Waals surface area contributed by atoms with Crippen LogP contribution in [0, 0.1) is 13.8 Å². The number of methoxy groups -OCH3 is 1. The average Bonchev–Trinajstić information content (AvgIpc) is 3.76. The molecule has 342 valence electrons. The van der Waals surface area contributed by atoms with Crippen LogP contribution in [0.3, 0.4) is 0 Å². The minimum absolute atomic E-state index is 0. The topological polar surface area (TPSA) is 230 Å². The zero-order valence-electron chi connectivity index (χ0n) is 37.4. The third kappa shape index (κ3) is 11.5. The number of esters is 1. The van der Waals surface area contributed by atoms with Crippen molar-refractivity contribution in [3.8, 4) is 0 Å². The summed E-state index contributed by atoms with van der Waals surface area (Å²) < 4.78 is 57.9. The van der Waals surface area contributed by atoms with E-state index in [9.17, 15) is 36.0 Å². The number of carbonyl (C=O) groups is 4. The van der Waals surface area contributed by atoms with Gasteiger partial charge in [-0.2, -0.15) is 0 Å².